The maximum Gasteiger partial charge on any atom is 0.193 e. The van der Waals surface area contributed by atoms with Crippen LogP contribution < -0.4 is 10.1 Å². The van der Waals surface area contributed by atoms with Gasteiger partial charge >= 0.3 is 0 Å². The highest BCUT2D eigenvalue weighted by atomic mass is 127. The number of aromatic nitrogens is 1. The molecule has 0 radical (unpaired) electrons. The Balaban J connectivity index is 0.00000312. The number of aryl methyl sites for hydroxylation is 1. The summed E-state index contributed by atoms with van der Waals surface area (Å²) in [5, 5.41) is 4.42. The fraction of sp³-hybridized carbons (Fsp3) is 0.412. The molecule has 25 heavy (non-hydrogen) atoms. The minimum absolute atomic E-state index is 0. The first-order chi connectivity index (χ1) is 11.5. The molecule has 1 aromatic carbocycles. The highest BCUT2D eigenvalue weighted by Gasteiger charge is 2.09. The molecule has 138 valence electrons. The van der Waals surface area contributed by atoms with Gasteiger partial charge in [-0.3, -0.25) is 4.99 Å². The molecule has 1 aromatic heterocycles. The van der Waals surface area contributed by atoms with Crippen molar-refractivity contribution in [3.05, 3.63) is 45.7 Å². The monoisotopic (exact) mass is 478 g/mol. The Morgan fingerprint density at radius 1 is 1.44 bits per heavy atom. The van der Waals surface area contributed by atoms with Crippen LogP contribution in [0.2, 0.25) is 0 Å². The molecular weight excluding hydrogens is 454 g/mol. The standard InChI is InChI=1S/C17H23FN4OS.HI/c1-12-10-21-16(24-12)7-8-20-17(19-2)22(3)11-13-5-6-15(23-4)14(18)9-13;/h5-6,9-10H,7-8,11H2,1-4H3,(H,19,20);1H. The van der Waals surface area contributed by atoms with Crippen molar-refractivity contribution in [3.8, 4) is 5.75 Å². The summed E-state index contributed by atoms with van der Waals surface area (Å²) in [5.74, 6) is 0.660. The highest BCUT2D eigenvalue weighted by Crippen LogP contribution is 2.18. The Morgan fingerprint density at radius 3 is 2.76 bits per heavy atom. The molecule has 8 heteroatoms. The van der Waals surface area contributed by atoms with Gasteiger partial charge in [0.05, 0.1) is 12.1 Å². The normalized spacial score (nSPS) is 11.0. The summed E-state index contributed by atoms with van der Waals surface area (Å²) in [6, 6.07) is 4.98. The molecule has 0 aliphatic carbocycles. The van der Waals surface area contributed by atoms with E-state index in [1.807, 2.05) is 24.2 Å². The summed E-state index contributed by atoms with van der Waals surface area (Å²) in [6.45, 7) is 3.35. The molecule has 0 unspecified atom stereocenters. The van der Waals surface area contributed by atoms with Gasteiger partial charge in [0.1, 0.15) is 0 Å². The van der Waals surface area contributed by atoms with E-state index in [9.17, 15) is 4.39 Å². The van der Waals surface area contributed by atoms with Gasteiger partial charge in [-0.25, -0.2) is 9.37 Å². The van der Waals surface area contributed by atoms with Gasteiger partial charge in [0, 0.05) is 44.7 Å². The Kier molecular flexibility index (Phi) is 9.12. The Morgan fingerprint density at radius 2 is 2.20 bits per heavy atom. The summed E-state index contributed by atoms with van der Waals surface area (Å²) >= 11 is 1.70. The molecule has 0 amide bonds. The van der Waals surface area contributed by atoms with Gasteiger partial charge in [-0.05, 0) is 24.6 Å². The SMILES string of the molecule is CN=C(NCCc1ncc(C)s1)N(C)Cc1ccc(OC)c(F)c1.I. The van der Waals surface area contributed by atoms with Gasteiger partial charge in [0.25, 0.3) is 0 Å². The van der Waals surface area contributed by atoms with E-state index in [0.717, 1.165) is 29.5 Å². The highest BCUT2D eigenvalue weighted by molar-refractivity contribution is 14.0. The van der Waals surface area contributed by atoms with Crippen LogP contribution in [0.1, 0.15) is 15.4 Å². The second-order valence-electron chi connectivity index (χ2n) is 5.41. The second-order valence-corrected chi connectivity index (χ2v) is 6.73. The van der Waals surface area contributed by atoms with Crippen molar-refractivity contribution in [2.45, 2.75) is 19.9 Å². The third-order valence-electron chi connectivity index (χ3n) is 3.50. The molecule has 1 heterocycles. The average molecular weight is 478 g/mol. The van der Waals surface area contributed by atoms with E-state index in [4.69, 9.17) is 4.74 Å². The summed E-state index contributed by atoms with van der Waals surface area (Å²) in [4.78, 5) is 11.8. The van der Waals surface area contributed by atoms with Crippen LogP contribution in [0.3, 0.4) is 0 Å². The van der Waals surface area contributed by atoms with Crippen LogP contribution in [0.25, 0.3) is 0 Å². The zero-order valence-corrected chi connectivity index (χ0v) is 18.0. The summed E-state index contributed by atoms with van der Waals surface area (Å²) in [7, 11) is 5.12. The molecule has 5 nitrogen and oxygen atoms in total. The lowest BCUT2D eigenvalue weighted by molar-refractivity contribution is 0.385. The fourth-order valence-electron chi connectivity index (χ4n) is 2.34. The molecule has 0 saturated carbocycles. The molecule has 1 N–H and O–H groups in total. The maximum absolute atomic E-state index is 13.8. The van der Waals surface area contributed by atoms with Crippen molar-refractivity contribution in [2.24, 2.45) is 4.99 Å². The summed E-state index contributed by atoms with van der Waals surface area (Å²) in [5.41, 5.74) is 0.856. The number of rotatable bonds is 6. The van der Waals surface area contributed by atoms with E-state index in [-0.39, 0.29) is 35.5 Å². The lowest BCUT2D eigenvalue weighted by Crippen LogP contribution is -2.39. The van der Waals surface area contributed by atoms with Gasteiger partial charge in [-0.1, -0.05) is 6.07 Å². The van der Waals surface area contributed by atoms with Crippen LogP contribution in [0.15, 0.2) is 29.4 Å². The zero-order chi connectivity index (χ0) is 17.5. The Bertz CT molecular complexity index is 708. The Hall–Kier alpha value is -1.42. The van der Waals surface area contributed by atoms with E-state index in [0.29, 0.717) is 6.54 Å². The van der Waals surface area contributed by atoms with E-state index in [1.165, 1.54) is 18.1 Å². The van der Waals surface area contributed by atoms with Crippen molar-refractivity contribution in [3.63, 3.8) is 0 Å². The number of thiazole rings is 1. The lowest BCUT2D eigenvalue weighted by Gasteiger charge is -2.22. The number of hydrogen-bond acceptors (Lipinski definition) is 4. The number of hydrogen-bond donors (Lipinski definition) is 1. The molecule has 2 rings (SSSR count). The third-order valence-corrected chi connectivity index (χ3v) is 4.47. The van der Waals surface area contributed by atoms with Crippen molar-refractivity contribution < 1.29 is 9.13 Å². The predicted octanol–water partition coefficient (Wildman–Crippen LogP) is 3.47. The molecule has 2 aromatic rings. The second kappa shape index (κ2) is 10.5. The van der Waals surface area contributed by atoms with Gasteiger partial charge in [-0.2, -0.15) is 0 Å². The van der Waals surface area contributed by atoms with E-state index in [2.05, 4.69) is 22.2 Å². The quantitative estimate of drug-likeness (QED) is 0.393. The number of halogens is 2. The first kappa shape index (κ1) is 21.6. The third kappa shape index (κ3) is 6.43. The zero-order valence-electron chi connectivity index (χ0n) is 14.9. The maximum atomic E-state index is 13.8. The number of nitrogens with one attached hydrogen (secondary N) is 1. The smallest absolute Gasteiger partial charge is 0.193 e. The lowest BCUT2D eigenvalue weighted by atomic mass is 10.2. The minimum atomic E-state index is -0.356. The van der Waals surface area contributed by atoms with Crippen LogP contribution >= 0.6 is 35.3 Å². The van der Waals surface area contributed by atoms with Crippen LogP contribution in [-0.4, -0.2) is 43.6 Å². The van der Waals surface area contributed by atoms with Crippen molar-refractivity contribution >= 4 is 41.3 Å². The van der Waals surface area contributed by atoms with Crippen LogP contribution in [0.4, 0.5) is 4.39 Å². The number of aliphatic imine (C=N–C) groups is 1. The van der Waals surface area contributed by atoms with Crippen LogP contribution in [0, 0.1) is 12.7 Å². The van der Waals surface area contributed by atoms with Crippen molar-refractivity contribution in [1.82, 2.24) is 15.2 Å². The Labute approximate surface area is 169 Å². The van der Waals surface area contributed by atoms with E-state index in [1.54, 1.807) is 24.5 Å². The average Bonchev–Trinajstić information content (AvgIpc) is 2.97. The number of nitrogens with zero attached hydrogens (tertiary/aromatic N) is 3. The van der Waals surface area contributed by atoms with Gasteiger partial charge in [0.2, 0.25) is 0 Å². The molecule has 0 fully saturated rings. The molecule has 0 bridgehead atoms. The molecule has 0 aliphatic rings. The number of guanidine groups is 1. The number of methoxy groups -OCH3 is 1. The van der Waals surface area contributed by atoms with E-state index < -0.39 is 0 Å². The first-order valence-corrected chi connectivity index (χ1v) is 8.50. The van der Waals surface area contributed by atoms with Gasteiger partial charge < -0.3 is 15.0 Å². The molecule has 0 saturated heterocycles. The summed E-state index contributed by atoms with van der Waals surface area (Å²) in [6.07, 6.45) is 2.74. The first-order valence-electron chi connectivity index (χ1n) is 7.69. The van der Waals surface area contributed by atoms with Crippen LogP contribution in [0.5, 0.6) is 5.75 Å². The van der Waals surface area contributed by atoms with Gasteiger partial charge in [0.15, 0.2) is 17.5 Å². The topological polar surface area (TPSA) is 49.8 Å². The van der Waals surface area contributed by atoms with E-state index >= 15 is 0 Å². The molecular formula is C17H24FIN4OS. The molecule has 0 spiro atoms. The van der Waals surface area contributed by atoms with Crippen LogP contribution in [-0.2, 0) is 13.0 Å². The van der Waals surface area contributed by atoms with Crippen molar-refractivity contribution in [2.75, 3.05) is 27.7 Å². The molecule has 0 atom stereocenters. The fourth-order valence-corrected chi connectivity index (χ4v) is 3.13. The largest absolute Gasteiger partial charge is 0.494 e. The van der Waals surface area contributed by atoms with Gasteiger partial charge in [-0.15, -0.1) is 35.3 Å². The predicted molar refractivity (Wildman–Crippen MR) is 112 cm³/mol. The molecule has 0 aliphatic heterocycles. The number of benzene rings is 1. The minimum Gasteiger partial charge on any atom is -0.494 e. The van der Waals surface area contributed by atoms with Crippen molar-refractivity contribution in [1.29, 1.82) is 0 Å². The summed E-state index contributed by atoms with van der Waals surface area (Å²) < 4.78 is 18.7. The number of ether oxygens (including phenoxy) is 1.